The van der Waals surface area contributed by atoms with Crippen molar-refractivity contribution in [3.8, 4) is 0 Å². The Balaban J connectivity index is 2.19. The zero-order valence-corrected chi connectivity index (χ0v) is 12.7. The molecule has 0 aliphatic carbocycles. The molecule has 0 aliphatic heterocycles. The van der Waals surface area contributed by atoms with Crippen LogP contribution in [-0.4, -0.2) is 20.5 Å². The number of nitrogens with zero attached hydrogens (tertiary/aromatic N) is 2. The predicted molar refractivity (Wildman–Crippen MR) is 85.2 cm³/mol. The van der Waals surface area contributed by atoms with Crippen LogP contribution in [0.2, 0.25) is 0 Å². The first-order chi connectivity index (χ1) is 10.6. The molecule has 1 atom stereocenters. The van der Waals surface area contributed by atoms with Gasteiger partial charge in [0, 0.05) is 18.3 Å². The summed E-state index contributed by atoms with van der Waals surface area (Å²) in [5.74, 6) is -1.02. The fraction of sp³-hybridized carbons (Fsp3) is 0.222. The number of benzene rings is 1. The molecule has 0 spiro atoms. The van der Waals surface area contributed by atoms with Crippen molar-refractivity contribution in [1.29, 1.82) is 0 Å². The van der Waals surface area contributed by atoms with Gasteiger partial charge in [0.2, 0.25) is 0 Å². The summed E-state index contributed by atoms with van der Waals surface area (Å²) in [5, 5.41) is 9.33. The highest BCUT2D eigenvalue weighted by molar-refractivity contribution is 5.69. The summed E-state index contributed by atoms with van der Waals surface area (Å²) < 4.78 is 2.00. The molecule has 0 fully saturated rings. The molecule has 0 aliphatic rings. The molecule has 0 saturated heterocycles. The van der Waals surface area contributed by atoms with Crippen LogP contribution in [0.4, 0.5) is 0 Å². The Morgan fingerprint density at radius 3 is 2.64 bits per heavy atom. The lowest BCUT2D eigenvalue weighted by Crippen LogP contribution is -2.11. The highest BCUT2D eigenvalue weighted by Crippen LogP contribution is 2.31. The van der Waals surface area contributed by atoms with E-state index in [9.17, 15) is 9.90 Å². The molecule has 2 aromatic heterocycles. The minimum atomic E-state index is -0.809. The largest absolute Gasteiger partial charge is 0.481 e. The quantitative estimate of drug-likeness (QED) is 0.800. The van der Waals surface area contributed by atoms with Crippen molar-refractivity contribution in [3.05, 3.63) is 71.2 Å². The maximum absolute atomic E-state index is 11.4. The molecular weight excluding hydrogens is 276 g/mol. The van der Waals surface area contributed by atoms with Crippen LogP contribution in [0, 0.1) is 13.8 Å². The van der Waals surface area contributed by atoms with Crippen LogP contribution < -0.4 is 0 Å². The van der Waals surface area contributed by atoms with Crippen molar-refractivity contribution < 1.29 is 9.90 Å². The predicted octanol–water partition coefficient (Wildman–Crippen LogP) is 3.56. The topological polar surface area (TPSA) is 54.6 Å². The Morgan fingerprint density at radius 1 is 1.18 bits per heavy atom. The molecular formula is C18H18N2O2. The summed E-state index contributed by atoms with van der Waals surface area (Å²) in [6.45, 7) is 4.02. The van der Waals surface area contributed by atoms with Crippen LogP contribution in [0.1, 0.15) is 34.7 Å². The molecule has 1 N–H and O–H groups in total. The number of aryl methyl sites for hydroxylation is 2. The normalized spacial score (nSPS) is 12.5. The van der Waals surface area contributed by atoms with Crippen LogP contribution in [0.25, 0.3) is 5.65 Å². The number of fused-ring (bicyclic) bond motifs is 1. The molecule has 22 heavy (non-hydrogen) atoms. The number of carbonyl (C=O) groups is 1. The van der Waals surface area contributed by atoms with Gasteiger partial charge in [-0.05, 0) is 36.6 Å². The molecule has 0 amide bonds. The summed E-state index contributed by atoms with van der Waals surface area (Å²) >= 11 is 0. The van der Waals surface area contributed by atoms with Crippen molar-refractivity contribution in [2.45, 2.75) is 26.2 Å². The van der Waals surface area contributed by atoms with Gasteiger partial charge in [-0.25, -0.2) is 4.98 Å². The summed E-state index contributed by atoms with van der Waals surface area (Å²) in [7, 11) is 0. The second-order valence-corrected chi connectivity index (χ2v) is 5.57. The maximum Gasteiger partial charge on any atom is 0.304 e. The first kappa shape index (κ1) is 14.3. The molecule has 0 radical (unpaired) electrons. The number of hydrogen-bond donors (Lipinski definition) is 1. The molecule has 4 heteroatoms. The zero-order valence-electron chi connectivity index (χ0n) is 12.7. The van der Waals surface area contributed by atoms with Gasteiger partial charge in [-0.15, -0.1) is 0 Å². The van der Waals surface area contributed by atoms with E-state index in [-0.39, 0.29) is 12.3 Å². The highest BCUT2D eigenvalue weighted by atomic mass is 16.4. The van der Waals surface area contributed by atoms with E-state index >= 15 is 0 Å². The summed E-state index contributed by atoms with van der Waals surface area (Å²) in [6, 6.07) is 11.9. The molecule has 1 aromatic carbocycles. The highest BCUT2D eigenvalue weighted by Gasteiger charge is 2.23. The number of carboxylic acids is 1. The number of imidazole rings is 1. The third-order valence-corrected chi connectivity index (χ3v) is 4.06. The lowest BCUT2D eigenvalue weighted by Gasteiger charge is -2.17. The average Bonchev–Trinajstić information content (AvgIpc) is 2.91. The second-order valence-electron chi connectivity index (χ2n) is 5.57. The first-order valence-corrected chi connectivity index (χ1v) is 7.28. The van der Waals surface area contributed by atoms with Crippen LogP contribution in [0.5, 0.6) is 0 Å². The van der Waals surface area contributed by atoms with Crippen LogP contribution in [0.15, 0.2) is 48.8 Å². The van der Waals surface area contributed by atoms with Crippen molar-refractivity contribution in [3.63, 3.8) is 0 Å². The lowest BCUT2D eigenvalue weighted by atomic mass is 9.89. The van der Waals surface area contributed by atoms with Crippen molar-refractivity contribution >= 4 is 11.6 Å². The van der Waals surface area contributed by atoms with E-state index in [0.29, 0.717) is 0 Å². The Labute approximate surface area is 129 Å². The minimum absolute atomic E-state index is 0.0482. The van der Waals surface area contributed by atoms with Crippen LogP contribution in [0.3, 0.4) is 0 Å². The van der Waals surface area contributed by atoms with Gasteiger partial charge < -0.3 is 9.51 Å². The number of pyridine rings is 1. The van der Waals surface area contributed by atoms with Crippen LogP contribution in [-0.2, 0) is 4.79 Å². The third kappa shape index (κ3) is 2.48. The Bertz CT molecular complexity index is 836. The fourth-order valence-corrected chi connectivity index (χ4v) is 2.95. The molecule has 112 valence electrons. The Hall–Kier alpha value is -2.62. The van der Waals surface area contributed by atoms with E-state index in [2.05, 4.69) is 4.98 Å². The monoisotopic (exact) mass is 294 g/mol. The summed E-state index contributed by atoms with van der Waals surface area (Å²) in [6.07, 6.45) is 3.78. The third-order valence-electron chi connectivity index (χ3n) is 4.06. The van der Waals surface area contributed by atoms with Gasteiger partial charge in [0.1, 0.15) is 5.65 Å². The van der Waals surface area contributed by atoms with E-state index < -0.39 is 5.97 Å². The molecule has 3 aromatic rings. The molecule has 2 heterocycles. The van der Waals surface area contributed by atoms with Crippen molar-refractivity contribution in [2.75, 3.05) is 0 Å². The number of rotatable bonds is 4. The van der Waals surface area contributed by atoms with E-state index in [1.54, 1.807) is 6.20 Å². The lowest BCUT2D eigenvalue weighted by molar-refractivity contribution is -0.137. The van der Waals surface area contributed by atoms with Gasteiger partial charge in [-0.3, -0.25) is 4.79 Å². The SMILES string of the molecule is Cc1ccccc1C(CC(=O)O)c1cnc2c(C)cccn12. The number of aromatic nitrogens is 2. The van der Waals surface area contributed by atoms with Gasteiger partial charge in [0.25, 0.3) is 0 Å². The standard InChI is InChI=1S/C18H18N2O2/c1-12-6-3-4-8-14(12)15(10-17(21)22)16-11-19-18-13(2)7-5-9-20(16)18/h3-9,11,15H,10H2,1-2H3,(H,21,22). The Kier molecular flexibility index (Phi) is 3.67. The second kappa shape index (κ2) is 5.64. The first-order valence-electron chi connectivity index (χ1n) is 7.28. The van der Waals surface area contributed by atoms with Gasteiger partial charge in [0.05, 0.1) is 12.1 Å². The number of aliphatic carboxylic acids is 1. The average molecular weight is 294 g/mol. The van der Waals surface area contributed by atoms with Gasteiger partial charge in [-0.2, -0.15) is 0 Å². The summed E-state index contributed by atoms with van der Waals surface area (Å²) in [5.41, 5.74) is 4.99. The van der Waals surface area contributed by atoms with Crippen molar-refractivity contribution in [2.24, 2.45) is 0 Å². The maximum atomic E-state index is 11.4. The summed E-state index contributed by atoms with van der Waals surface area (Å²) in [4.78, 5) is 15.8. The van der Waals surface area contributed by atoms with Gasteiger partial charge in [-0.1, -0.05) is 30.3 Å². The molecule has 0 bridgehead atoms. The fourth-order valence-electron chi connectivity index (χ4n) is 2.95. The Morgan fingerprint density at radius 2 is 1.91 bits per heavy atom. The molecule has 4 nitrogen and oxygen atoms in total. The zero-order chi connectivity index (χ0) is 15.7. The van der Waals surface area contributed by atoms with E-state index in [1.807, 2.05) is 60.8 Å². The minimum Gasteiger partial charge on any atom is -0.481 e. The van der Waals surface area contributed by atoms with Crippen molar-refractivity contribution in [1.82, 2.24) is 9.38 Å². The van der Waals surface area contributed by atoms with E-state index in [0.717, 1.165) is 28.0 Å². The van der Waals surface area contributed by atoms with Gasteiger partial charge in [0.15, 0.2) is 0 Å². The van der Waals surface area contributed by atoms with E-state index in [4.69, 9.17) is 0 Å². The smallest absolute Gasteiger partial charge is 0.304 e. The number of hydrogen-bond acceptors (Lipinski definition) is 2. The number of carboxylic acid groups (broad SMARTS) is 1. The van der Waals surface area contributed by atoms with E-state index in [1.165, 1.54) is 0 Å². The van der Waals surface area contributed by atoms with Gasteiger partial charge >= 0.3 is 5.97 Å². The molecule has 3 rings (SSSR count). The molecule has 0 saturated carbocycles. The molecule has 1 unspecified atom stereocenters. The van der Waals surface area contributed by atoms with Crippen LogP contribution >= 0.6 is 0 Å².